The molecule has 1 spiro atoms. The maximum Gasteiger partial charge on any atom is 0.378 e. The molecule has 26 heavy (non-hydrogen) atoms. The zero-order valence-corrected chi connectivity index (χ0v) is 16.2. The Labute approximate surface area is 165 Å². The van der Waals surface area contributed by atoms with Gasteiger partial charge in [0.05, 0.1) is 11.3 Å². The Hall–Kier alpha value is -1.25. The van der Waals surface area contributed by atoms with Crippen LogP contribution in [0.1, 0.15) is 24.1 Å². The van der Waals surface area contributed by atoms with E-state index in [4.69, 9.17) is 19.7 Å². The fourth-order valence-corrected chi connectivity index (χ4v) is 6.67. The van der Waals surface area contributed by atoms with Crippen LogP contribution in [0.5, 0.6) is 0 Å². The van der Waals surface area contributed by atoms with E-state index in [9.17, 15) is 14.4 Å². The van der Waals surface area contributed by atoms with Gasteiger partial charge >= 0.3 is 14.0 Å². The quantitative estimate of drug-likeness (QED) is 0.412. The Morgan fingerprint density at radius 3 is 2.77 bits per heavy atom. The first-order chi connectivity index (χ1) is 12.5. The predicted octanol–water partition coefficient (Wildman–Crippen LogP) is 2.43. The summed E-state index contributed by atoms with van der Waals surface area (Å²) in [6.07, 6.45) is 2.32. The van der Waals surface area contributed by atoms with Crippen LogP contribution < -0.4 is 0 Å². The third-order valence-corrected chi connectivity index (χ3v) is 8.14. The molecule has 2 radical (unpaired) electrons. The van der Waals surface area contributed by atoms with Crippen LogP contribution in [0.25, 0.3) is 0 Å². The number of fused-ring (bicyclic) bond motifs is 1. The number of thiophene rings is 1. The minimum Gasteiger partial charge on any atom is -0.539 e. The number of alkyl halides is 1. The van der Waals surface area contributed by atoms with Crippen LogP contribution in [0, 0.1) is 5.92 Å². The lowest BCUT2D eigenvalue weighted by Gasteiger charge is -2.52. The van der Waals surface area contributed by atoms with Crippen LogP contribution in [0.3, 0.4) is 0 Å². The Balaban J connectivity index is 1.55. The van der Waals surface area contributed by atoms with Crippen molar-refractivity contribution in [3.05, 3.63) is 33.7 Å². The van der Waals surface area contributed by atoms with Crippen molar-refractivity contribution in [3.63, 3.8) is 0 Å². The summed E-state index contributed by atoms with van der Waals surface area (Å²) in [4.78, 5) is 39.7. The van der Waals surface area contributed by atoms with Gasteiger partial charge in [0.2, 0.25) is 5.91 Å². The number of hydrogen-bond acceptors (Lipinski definition) is 6. The summed E-state index contributed by atoms with van der Waals surface area (Å²) in [6.45, 7) is 0. The van der Waals surface area contributed by atoms with Crippen LogP contribution in [0.4, 0.5) is 0 Å². The van der Waals surface area contributed by atoms with Gasteiger partial charge < -0.3 is 4.65 Å². The highest BCUT2D eigenvalue weighted by molar-refractivity contribution is 8.01. The van der Waals surface area contributed by atoms with E-state index in [0.717, 1.165) is 17.7 Å². The summed E-state index contributed by atoms with van der Waals surface area (Å²) in [5.74, 6) is -1.21. The van der Waals surface area contributed by atoms with Crippen molar-refractivity contribution in [1.82, 2.24) is 4.90 Å². The third-order valence-electron chi connectivity index (χ3n) is 5.11. The molecule has 0 aromatic carbocycles. The number of nitrogens with zero attached hydrogens (tertiary/aromatic N) is 1. The summed E-state index contributed by atoms with van der Waals surface area (Å²) in [7, 11) is 5.07. The molecule has 1 aliphatic carbocycles. The van der Waals surface area contributed by atoms with Crippen LogP contribution in [-0.4, -0.2) is 46.6 Å². The number of ketones is 1. The van der Waals surface area contributed by atoms with Crippen molar-refractivity contribution in [3.8, 4) is 0 Å². The van der Waals surface area contributed by atoms with Crippen LogP contribution in [0.2, 0.25) is 0 Å². The van der Waals surface area contributed by atoms with Gasteiger partial charge in [-0.1, -0.05) is 6.07 Å². The molecule has 1 saturated heterocycles. The van der Waals surface area contributed by atoms with E-state index in [2.05, 4.69) is 4.65 Å². The summed E-state index contributed by atoms with van der Waals surface area (Å²) < 4.78 is 4.19. The van der Waals surface area contributed by atoms with E-state index in [-0.39, 0.29) is 39.8 Å². The number of Topliss-reactive ketones (excluding diaryl/α,β-unsaturated/α-hetero) is 1. The Morgan fingerprint density at radius 1 is 1.42 bits per heavy atom. The summed E-state index contributed by atoms with van der Waals surface area (Å²) >= 11 is 9.24. The van der Waals surface area contributed by atoms with Crippen molar-refractivity contribution in [2.45, 2.75) is 35.8 Å². The molecule has 0 bridgehead atoms. The number of β-lactam (4-membered cyclic amide) rings is 1. The third kappa shape index (κ3) is 2.82. The highest BCUT2D eigenvalue weighted by Crippen LogP contribution is 2.63. The van der Waals surface area contributed by atoms with Gasteiger partial charge in [0.25, 0.3) is 0 Å². The fraction of sp³-hybridized carbons (Fsp3) is 0.471. The monoisotopic (exact) mass is 407 g/mol. The highest BCUT2D eigenvalue weighted by Gasteiger charge is 2.63. The number of carbonyl (C=O) groups excluding carboxylic acids is 3. The van der Waals surface area contributed by atoms with Crippen molar-refractivity contribution >= 4 is 60.4 Å². The second-order valence-electron chi connectivity index (χ2n) is 6.68. The van der Waals surface area contributed by atoms with Gasteiger partial charge in [0, 0.05) is 28.3 Å². The molecule has 3 aliphatic rings. The Bertz CT molecular complexity index is 806. The number of rotatable bonds is 6. The van der Waals surface area contributed by atoms with Gasteiger partial charge in [0.1, 0.15) is 11.5 Å². The van der Waals surface area contributed by atoms with Crippen LogP contribution in [0.15, 0.2) is 28.8 Å². The molecule has 0 N–H and O–H groups in total. The molecule has 4 rings (SSSR count). The molecule has 134 valence electrons. The largest absolute Gasteiger partial charge is 0.539 e. The number of halogens is 1. The minimum absolute atomic E-state index is 0.0333. The first-order valence-electron chi connectivity index (χ1n) is 8.26. The van der Waals surface area contributed by atoms with Gasteiger partial charge in [-0.3, -0.25) is 14.5 Å². The van der Waals surface area contributed by atoms with Crippen LogP contribution in [-0.2, 0) is 25.5 Å². The molecule has 1 aromatic rings. The SMILES string of the molecule is [B]OC(=O)C1=C(CCl)C2(CC2)S[C@@H]2[C@H](CC(=O)Cc3cccs3)C(=O)N12. The lowest BCUT2D eigenvalue weighted by atomic mass is 9.89. The van der Waals surface area contributed by atoms with Crippen molar-refractivity contribution in [1.29, 1.82) is 0 Å². The first kappa shape index (κ1) is 18.1. The maximum atomic E-state index is 12.7. The molecule has 5 nitrogen and oxygen atoms in total. The van der Waals surface area contributed by atoms with E-state index >= 15 is 0 Å². The van der Waals surface area contributed by atoms with Crippen LogP contribution >= 0.6 is 34.7 Å². The zero-order chi connectivity index (χ0) is 18.5. The average Bonchev–Trinajstić information content (AvgIpc) is 3.21. The molecule has 2 aliphatic heterocycles. The summed E-state index contributed by atoms with van der Waals surface area (Å²) in [5.41, 5.74) is 0.892. The summed E-state index contributed by atoms with van der Waals surface area (Å²) in [6, 6.07) is 3.82. The molecule has 9 heteroatoms. The van der Waals surface area contributed by atoms with Gasteiger partial charge in [0.15, 0.2) is 0 Å². The minimum atomic E-state index is -0.742. The lowest BCUT2D eigenvalue weighted by Crippen LogP contribution is -2.63. The molecule has 1 amide bonds. The molecule has 3 heterocycles. The smallest absolute Gasteiger partial charge is 0.378 e. The standard InChI is InChI=1S/C17H15BClNO4S2/c18-24-16(23)13-12(8-19)17(3-4-17)26-15-11(14(22)20(13)15)7-9(21)6-10-2-1-5-25-10/h1-2,5,11,15H,3-4,6-8H2/t11-,15-/m1/s1. The van der Waals surface area contributed by atoms with E-state index < -0.39 is 11.9 Å². The van der Waals surface area contributed by atoms with Crippen molar-refractivity contribution < 1.29 is 19.0 Å². The predicted molar refractivity (Wildman–Crippen MR) is 101 cm³/mol. The molecule has 0 unspecified atom stereocenters. The van der Waals surface area contributed by atoms with Gasteiger partial charge in [-0.05, 0) is 29.9 Å². The number of amides is 1. The van der Waals surface area contributed by atoms with Gasteiger partial charge in [-0.25, -0.2) is 4.79 Å². The lowest BCUT2D eigenvalue weighted by molar-refractivity contribution is -0.153. The highest BCUT2D eigenvalue weighted by atomic mass is 35.5. The number of thioether (sulfide) groups is 1. The van der Waals surface area contributed by atoms with Crippen molar-refractivity contribution in [2.24, 2.45) is 5.92 Å². The Kier molecular flexibility index (Phi) is 4.69. The van der Waals surface area contributed by atoms with Crippen molar-refractivity contribution in [2.75, 3.05) is 5.88 Å². The average molecular weight is 408 g/mol. The topological polar surface area (TPSA) is 63.7 Å². The van der Waals surface area contributed by atoms with E-state index in [0.29, 0.717) is 12.0 Å². The molecule has 1 saturated carbocycles. The zero-order valence-electron chi connectivity index (χ0n) is 13.8. The Morgan fingerprint density at radius 2 is 2.19 bits per heavy atom. The second kappa shape index (κ2) is 6.73. The fourth-order valence-electron chi connectivity index (χ4n) is 3.67. The first-order valence-corrected chi connectivity index (χ1v) is 10.6. The van der Waals surface area contributed by atoms with E-state index in [1.54, 1.807) is 11.8 Å². The van der Waals surface area contributed by atoms with E-state index in [1.165, 1.54) is 16.2 Å². The number of hydrogen-bond donors (Lipinski definition) is 0. The maximum absolute atomic E-state index is 12.7. The molecule has 1 aromatic heterocycles. The molecular weight excluding hydrogens is 393 g/mol. The summed E-state index contributed by atoms with van der Waals surface area (Å²) in [5, 5.41) is 1.69. The second-order valence-corrected chi connectivity index (χ2v) is 9.48. The van der Waals surface area contributed by atoms with Gasteiger partial charge in [-0.15, -0.1) is 34.7 Å². The van der Waals surface area contributed by atoms with Gasteiger partial charge in [-0.2, -0.15) is 0 Å². The van der Waals surface area contributed by atoms with E-state index in [1.807, 2.05) is 17.5 Å². The molecule has 2 fully saturated rings. The molecule has 2 atom stereocenters. The number of carbonyl (C=O) groups is 3. The normalized spacial score (nSPS) is 25.7. The molecular formula is C17H15BClNO4S2.